The van der Waals surface area contributed by atoms with E-state index in [1.54, 1.807) is 32.9 Å². The molecule has 5 aliphatic heterocycles. The SMILES string of the molecule is CCc1nc2ccc(N3CC4CN(S(=O)(=O)CCCCl)CC4C3)nn2c1N(C)c1nc(-c2ccc(F)cc2)cs1.CCc1nc2ccc(N3CC4CN(S(=O)(=O)CCCN5CCOCC5)CC4C3)nn2c1N(C)c1nc(-c2ccc(F)cc2)cs1. The minimum absolute atomic E-state index is 0.110. The van der Waals surface area contributed by atoms with E-state index < -0.39 is 20.0 Å². The van der Waals surface area contributed by atoms with Crippen LogP contribution in [0.1, 0.15) is 38.1 Å². The van der Waals surface area contributed by atoms with Gasteiger partial charge in [0, 0.05) is 107 Å². The molecule has 452 valence electrons. The fourth-order valence-electron chi connectivity index (χ4n) is 12.4. The highest BCUT2D eigenvalue weighted by Gasteiger charge is 2.46. The largest absolute Gasteiger partial charge is 0.379 e. The highest BCUT2D eigenvalue weighted by molar-refractivity contribution is 7.89. The Labute approximate surface area is 507 Å². The lowest BCUT2D eigenvalue weighted by molar-refractivity contribution is 0.0380. The molecule has 2 aromatic carbocycles. The molecule has 85 heavy (non-hydrogen) atoms. The first-order valence-electron chi connectivity index (χ1n) is 29.1. The third-order valence-corrected chi connectivity index (χ3v) is 22.9. The predicted octanol–water partition coefficient (Wildman–Crippen LogP) is 8.39. The molecular weight excluding hydrogens is 1190 g/mol. The summed E-state index contributed by atoms with van der Waals surface area (Å²) in [7, 11) is -2.60. The Kier molecular flexibility index (Phi) is 17.5. The van der Waals surface area contributed by atoms with Gasteiger partial charge in [0.1, 0.15) is 23.3 Å². The van der Waals surface area contributed by atoms with Crippen LogP contribution in [-0.4, -0.2) is 186 Å². The number of fused-ring (bicyclic) bond motifs is 4. The van der Waals surface area contributed by atoms with Crippen LogP contribution in [0.15, 0.2) is 83.6 Å². The van der Waals surface area contributed by atoms with Crippen LogP contribution in [0, 0.1) is 35.3 Å². The number of morpholine rings is 1. The number of anilines is 6. The smallest absolute Gasteiger partial charge is 0.214 e. The van der Waals surface area contributed by atoms with Gasteiger partial charge in [-0.05, 0) is 129 Å². The number of aromatic nitrogens is 8. The van der Waals surface area contributed by atoms with Crippen molar-refractivity contribution in [1.82, 2.24) is 52.7 Å². The number of halogens is 3. The van der Waals surface area contributed by atoms with Gasteiger partial charge in [-0.2, -0.15) is 9.03 Å². The summed E-state index contributed by atoms with van der Waals surface area (Å²) in [5.41, 5.74) is 6.66. The molecule has 0 amide bonds. The number of hydrogen-bond acceptors (Lipinski definition) is 18. The maximum Gasteiger partial charge on any atom is 0.214 e. The van der Waals surface area contributed by atoms with E-state index in [0.717, 1.165) is 151 Å². The van der Waals surface area contributed by atoms with Gasteiger partial charge in [0.2, 0.25) is 20.0 Å². The normalized spacial score (nSPS) is 20.4. The summed E-state index contributed by atoms with van der Waals surface area (Å²) in [5.74, 6) is 4.67. The molecule has 0 aliphatic carbocycles. The Hall–Kier alpha value is -5.97. The van der Waals surface area contributed by atoms with Gasteiger partial charge in [-0.3, -0.25) is 4.90 Å². The van der Waals surface area contributed by atoms with Crippen molar-refractivity contribution in [2.75, 3.05) is 136 Å². The van der Waals surface area contributed by atoms with Crippen LogP contribution in [-0.2, 0) is 37.6 Å². The van der Waals surface area contributed by atoms with Crippen LogP contribution < -0.4 is 19.6 Å². The van der Waals surface area contributed by atoms with Gasteiger partial charge in [-0.25, -0.2) is 54.2 Å². The molecule has 0 saturated carbocycles. The lowest BCUT2D eigenvalue weighted by atomic mass is 10.0. The van der Waals surface area contributed by atoms with E-state index in [2.05, 4.69) is 28.5 Å². The second-order valence-electron chi connectivity index (χ2n) is 22.5. The molecule has 6 aromatic heterocycles. The summed E-state index contributed by atoms with van der Waals surface area (Å²) in [6.45, 7) is 13.5. The number of hydrogen-bond donors (Lipinski definition) is 0. The Morgan fingerprint density at radius 2 is 0.988 bits per heavy atom. The summed E-state index contributed by atoms with van der Waals surface area (Å²) >= 11 is 8.75. The van der Waals surface area contributed by atoms with E-state index in [-0.39, 0.29) is 46.8 Å². The fraction of sp³-hybridized carbons (Fsp3) is 0.483. The summed E-state index contributed by atoms with van der Waals surface area (Å²) in [6, 6.07) is 20.7. The zero-order valence-electron chi connectivity index (χ0n) is 48.1. The third kappa shape index (κ3) is 12.5. The molecule has 0 spiro atoms. The Balaban J connectivity index is 0.000000168. The Morgan fingerprint density at radius 3 is 1.39 bits per heavy atom. The van der Waals surface area contributed by atoms with E-state index in [1.165, 1.54) is 46.9 Å². The van der Waals surface area contributed by atoms with Crippen molar-refractivity contribution in [3.05, 3.63) is 107 Å². The second kappa shape index (κ2) is 25.0. The summed E-state index contributed by atoms with van der Waals surface area (Å²) in [6.07, 6.45) is 2.59. The molecule has 20 nitrogen and oxygen atoms in total. The van der Waals surface area contributed by atoms with Crippen LogP contribution >= 0.6 is 34.3 Å². The molecule has 5 saturated heterocycles. The standard InChI is InChI=1S/C31H39FN8O3S2.C27H31ClFN7O2S2/c1-3-26-30(36(2)31-34-27(21-44-31)22-5-7-25(32)8-6-22)40-28(33-26)9-10-29(35-40)38-17-23-19-39(20-24(23)18-38)45(41,42)16-4-11-37-12-14-43-15-13-37;1-3-22-26(33(2)27-31-23(17-39-27)18-5-7-21(29)8-6-18)36-24(30-22)9-10-25(32-36)34-13-19-15-35(16-20(19)14-34)40(37,38)12-4-11-28/h5-10,21,23-24H,3-4,11-20H2,1-2H3;5-10,17,19-20H,3-4,11-16H2,1-2H3. The van der Waals surface area contributed by atoms with E-state index in [0.29, 0.717) is 44.9 Å². The number of alkyl halides is 1. The van der Waals surface area contributed by atoms with Crippen molar-refractivity contribution < 1.29 is 30.4 Å². The first-order valence-corrected chi connectivity index (χ1v) is 34.6. The maximum absolute atomic E-state index is 13.4. The second-order valence-corrected chi connectivity index (χ2v) is 28.8. The van der Waals surface area contributed by atoms with Crippen molar-refractivity contribution in [3.63, 3.8) is 0 Å². The summed E-state index contributed by atoms with van der Waals surface area (Å²) in [4.78, 5) is 30.2. The van der Waals surface area contributed by atoms with Gasteiger partial charge in [0.25, 0.3) is 0 Å². The van der Waals surface area contributed by atoms with Crippen LogP contribution in [0.5, 0.6) is 0 Å². The number of imidazole rings is 2. The number of rotatable bonds is 19. The highest BCUT2D eigenvalue weighted by Crippen LogP contribution is 2.40. The quantitative estimate of drug-likeness (QED) is 0.0702. The van der Waals surface area contributed by atoms with Crippen molar-refractivity contribution in [2.45, 2.75) is 39.5 Å². The highest BCUT2D eigenvalue weighted by atomic mass is 35.5. The van der Waals surface area contributed by atoms with E-state index in [4.69, 9.17) is 46.5 Å². The van der Waals surface area contributed by atoms with E-state index >= 15 is 0 Å². The minimum Gasteiger partial charge on any atom is -0.379 e. The lowest BCUT2D eigenvalue weighted by Crippen LogP contribution is -2.39. The van der Waals surface area contributed by atoms with Crippen LogP contribution in [0.2, 0.25) is 0 Å². The van der Waals surface area contributed by atoms with Crippen LogP contribution in [0.3, 0.4) is 0 Å². The molecule has 4 unspecified atom stereocenters. The zero-order valence-corrected chi connectivity index (χ0v) is 52.1. The van der Waals surface area contributed by atoms with Crippen LogP contribution in [0.4, 0.5) is 42.3 Å². The molecule has 5 aliphatic rings. The summed E-state index contributed by atoms with van der Waals surface area (Å²) < 4.78 is 91.1. The van der Waals surface area contributed by atoms with E-state index in [1.807, 2.05) is 68.0 Å². The van der Waals surface area contributed by atoms with Crippen LogP contribution in [0.25, 0.3) is 33.8 Å². The van der Waals surface area contributed by atoms with Gasteiger partial charge in [-0.15, -0.1) is 44.5 Å². The topological polar surface area (TPSA) is 186 Å². The number of nitrogens with zero attached hydrogens (tertiary/aromatic N) is 15. The number of benzene rings is 2. The first kappa shape index (κ1) is 59.4. The molecule has 0 bridgehead atoms. The first-order chi connectivity index (χ1) is 41.1. The molecule has 27 heteroatoms. The molecule has 5 fully saturated rings. The molecule has 11 heterocycles. The molecular formula is C58H70ClF2N15O5S4. The van der Waals surface area contributed by atoms with Crippen molar-refractivity contribution in [1.29, 1.82) is 0 Å². The maximum atomic E-state index is 13.4. The Bertz CT molecular complexity index is 3850. The molecule has 13 rings (SSSR count). The molecule has 0 N–H and O–H groups in total. The van der Waals surface area contributed by atoms with Crippen molar-refractivity contribution in [2.24, 2.45) is 23.7 Å². The van der Waals surface area contributed by atoms with Crippen molar-refractivity contribution >= 4 is 99.2 Å². The van der Waals surface area contributed by atoms with E-state index in [9.17, 15) is 25.6 Å². The molecule has 8 aromatic rings. The monoisotopic (exact) mass is 1260 g/mol. The third-order valence-electron chi connectivity index (χ3n) is 17.0. The molecule has 0 radical (unpaired) electrons. The minimum atomic E-state index is -3.27. The number of sulfonamides is 2. The average Bonchev–Trinajstić information content (AvgIpc) is 3.39. The Morgan fingerprint density at radius 1 is 0.576 bits per heavy atom. The van der Waals surface area contributed by atoms with Gasteiger partial charge in [-0.1, -0.05) is 13.8 Å². The number of ether oxygens (including phenoxy) is 1. The lowest BCUT2D eigenvalue weighted by Gasteiger charge is -2.27. The summed E-state index contributed by atoms with van der Waals surface area (Å²) in [5, 5.41) is 15.6. The van der Waals surface area contributed by atoms with Gasteiger partial charge >= 0.3 is 0 Å². The van der Waals surface area contributed by atoms with Crippen molar-refractivity contribution in [3.8, 4) is 22.5 Å². The van der Waals surface area contributed by atoms with Gasteiger partial charge in [0.05, 0.1) is 47.5 Å². The fourth-order valence-corrected chi connectivity index (χ4v) is 17.5. The van der Waals surface area contributed by atoms with Gasteiger partial charge in [0.15, 0.2) is 33.2 Å². The zero-order chi connectivity index (χ0) is 59.1. The number of aryl methyl sites for hydroxylation is 2. The number of thiazole rings is 2. The van der Waals surface area contributed by atoms with Gasteiger partial charge < -0.3 is 24.3 Å². The average molecular weight is 1260 g/mol. The predicted molar refractivity (Wildman–Crippen MR) is 332 cm³/mol. The molecule has 4 atom stereocenters.